The number of nitrogens with zero attached hydrogens (tertiary/aromatic N) is 1. The lowest BCUT2D eigenvalue weighted by Crippen LogP contribution is -2.21. The van der Waals surface area contributed by atoms with Gasteiger partial charge in [0.2, 0.25) is 0 Å². The van der Waals surface area contributed by atoms with Crippen LogP contribution >= 0.6 is 12.2 Å². The molecule has 0 aromatic heterocycles. The summed E-state index contributed by atoms with van der Waals surface area (Å²) in [5.74, 6) is -0.940. The maximum atomic E-state index is 11.0. The van der Waals surface area contributed by atoms with Crippen molar-refractivity contribution in [1.29, 1.82) is 0 Å². The molecule has 0 aromatic rings. The van der Waals surface area contributed by atoms with Crippen molar-refractivity contribution in [2.45, 2.75) is 18.9 Å². The van der Waals surface area contributed by atoms with Gasteiger partial charge in [0.05, 0.1) is 19.4 Å². The van der Waals surface area contributed by atoms with Crippen LogP contribution in [-0.4, -0.2) is 37.4 Å². The number of esters is 2. The first kappa shape index (κ1) is 12.7. The molecule has 0 aliphatic heterocycles. The quantitative estimate of drug-likeness (QED) is 0.383. The van der Waals surface area contributed by atoms with Gasteiger partial charge in [-0.15, -0.1) is 0 Å². The lowest BCUT2D eigenvalue weighted by Gasteiger charge is -2.06. The fourth-order valence-corrected chi connectivity index (χ4v) is 0.919. The zero-order valence-electron chi connectivity index (χ0n) is 7.98. The highest BCUT2D eigenvalue weighted by Crippen LogP contribution is 2.04. The van der Waals surface area contributed by atoms with E-state index < -0.39 is 18.0 Å². The Balaban J connectivity index is 4.17. The van der Waals surface area contributed by atoms with E-state index in [1.54, 1.807) is 0 Å². The molecule has 0 radical (unpaired) electrons. The van der Waals surface area contributed by atoms with Crippen LogP contribution in [0.4, 0.5) is 0 Å². The fraction of sp³-hybridized carbons (Fsp3) is 0.625. The zero-order valence-corrected chi connectivity index (χ0v) is 8.80. The SMILES string of the molecule is COC(=O)CC[C@@H](N=C=S)C(=O)OC. The fourth-order valence-electron chi connectivity index (χ4n) is 0.791. The van der Waals surface area contributed by atoms with Gasteiger partial charge < -0.3 is 9.47 Å². The van der Waals surface area contributed by atoms with E-state index in [1.807, 2.05) is 0 Å². The number of hydrogen-bond donors (Lipinski definition) is 0. The molecule has 0 amide bonds. The molecule has 14 heavy (non-hydrogen) atoms. The number of carbonyl (C=O) groups is 2. The van der Waals surface area contributed by atoms with Crippen molar-refractivity contribution in [2.24, 2.45) is 4.99 Å². The normalized spacial score (nSPS) is 11.0. The largest absolute Gasteiger partial charge is 0.469 e. The van der Waals surface area contributed by atoms with E-state index in [0.29, 0.717) is 0 Å². The molecule has 0 saturated heterocycles. The number of hydrogen-bond acceptors (Lipinski definition) is 6. The Morgan fingerprint density at radius 2 is 2.07 bits per heavy atom. The van der Waals surface area contributed by atoms with E-state index >= 15 is 0 Å². The summed E-state index contributed by atoms with van der Waals surface area (Å²) in [6, 6.07) is -0.767. The summed E-state index contributed by atoms with van der Waals surface area (Å²) in [5.41, 5.74) is 0. The van der Waals surface area contributed by atoms with Crippen LogP contribution in [0.5, 0.6) is 0 Å². The van der Waals surface area contributed by atoms with Gasteiger partial charge in [0.25, 0.3) is 0 Å². The molecule has 0 fully saturated rings. The van der Waals surface area contributed by atoms with Crippen molar-refractivity contribution >= 4 is 29.3 Å². The zero-order chi connectivity index (χ0) is 11.0. The second-order valence-corrected chi connectivity index (χ2v) is 2.56. The van der Waals surface area contributed by atoms with Crippen LogP contribution in [0.25, 0.3) is 0 Å². The maximum Gasteiger partial charge on any atom is 0.331 e. The monoisotopic (exact) mass is 217 g/mol. The summed E-state index contributed by atoms with van der Waals surface area (Å²) >= 11 is 4.36. The number of methoxy groups -OCH3 is 2. The van der Waals surface area contributed by atoms with Gasteiger partial charge in [0, 0.05) is 6.42 Å². The molecule has 0 unspecified atom stereocenters. The third-order valence-corrected chi connectivity index (χ3v) is 1.64. The molecule has 78 valence electrons. The smallest absolute Gasteiger partial charge is 0.331 e. The van der Waals surface area contributed by atoms with Crippen LogP contribution in [0.2, 0.25) is 0 Å². The molecule has 0 N–H and O–H groups in total. The minimum Gasteiger partial charge on any atom is -0.469 e. The second-order valence-electron chi connectivity index (χ2n) is 2.37. The average Bonchev–Trinajstić information content (AvgIpc) is 2.22. The Bertz CT molecular complexity index is 260. The minimum absolute atomic E-state index is 0.0940. The number of thiocarbonyl (C=S) groups is 1. The number of isothiocyanates is 1. The second kappa shape index (κ2) is 7.17. The van der Waals surface area contributed by atoms with Crippen LogP contribution in [0.1, 0.15) is 12.8 Å². The van der Waals surface area contributed by atoms with E-state index in [1.165, 1.54) is 14.2 Å². The standard InChI is InChI=1S/C8H11NO4S/c1-12-7(10)4-3-6(9-5-14)8(11)13-2/h6H,3-4H2,1-2H3/t6-/m1/s1. The average molecular weight is 217 g/mol. The van der Waals surface area contributed by atoms with Crippen molar-refractivity contribution in [3.8, 4) is 0 Å². The highest BCUT2D eigenvalue weighted by atomic mass is 32.1. The van der Waals surface area contributed by atoms with Crippen LogP contribution in [-0.2, 0) is 19.1 Å². The van der Waals surface area contributed by atoms with Gasteiger partial charge in [0.15, 0.2) is 6.04 Å². The van der Waals surface area contributed by atoms with Gasteiger partial charge in [-0.2, -0.15) is 0 Å². The Kier molecular flexibility index (Phi) is 6.53. The molecular weight excluding hydrogens is 206 g/mol. The molecular formula is C8H11NO4S. The van der Waals surface area contributed by atoms with Crippen LogP contribution < -0.4 is 0 Å². The lowest BCUT2D eigenvalue weighted by atomic mass is 10.2. The number of carbonyl (C=O) groups excluding carboxylic acids is 2. The molecule has 0 bridgehead atoms. The minimum atomic E-state index is -0.767. The Morgan fingerprint density at radius 3 is 2.50 bits per heavy atom. The summed E-state index contributed by atoms with van der Waals surface area (Å²) in [4.78, 5) is 25.4. The molecule has 0 aliphatic rings. The van der Waals surface area contributed by atoms with Gasteiger partial charge in [-0.05, 0) is 18.6 Å². The molecule has 0 saturated carbocycles. The molecule has 0 aromatic carbocycles. The molecule has 5 nitrogen and oxygen atoms in total. The summed E-state index contributed by atoms with van der Waals surface area (Å²) < 4.78 is 8.87. The Morgan fingerprint density at radius 1 is 1.43 bits per heavy atom. The predicted octanol–water partition coefficient (Wildman–Crippen LogP) is 0.584. The van der Waals surface area contributed by atoms with E-state index in [-0.39, 0.29) is 12.8 Å². The van der Waals surface area contributed by atoms with Gasteiger partial charge in [-0.25, -0.2) is 9.79 Å². The molecule has 0 aliphatic carbocycles. The van der Waals surface area contributed by atoms with Crippen molar-refractivity contribution < 1.29 is 19.1 Å². The highest BCUT2D eigenvalue weighted by molar-refractivity contribution is 7.78. The Hall–Kier alpha value is -1.26. The van der Waals surface area contributed by atoms with E-state index in [4.69, 9.17) is 0 Å². The van der Waals surface area contributed by atoms with Gasteiger partial charge in [-0.3, -0.25) is 4.79 Å². The third kappa shape index (κ3) is 4.69. The third-order valence-electron chi connectivity index (χ3n) is 1.53. The van der Waals surface area contributed by atoms with Gasteiger partial charge >= 0.3 is 11.9 Å². The van der Waals surface area contributed by atoms with Crippen molar-refractivity contribution in [1.82, 2.24) is 0 Å². The molecule has 0 spiro atoms. The van der Waals surface area contributed by atoms with E-state index in [0.717, 1.165) is 0 Å². The number of aliphatic imine (C=N–C) groups is 1. The molecule has 0 heterocycles. The Labute approximate surface area is 87.1 Å². The van der Waals surface area contributed by atoms with Gasteiger partial charge in [-0.1, -0.05) is 0 Å². The molecule has 0 rings (SSSR count). The summed E-state index contributed by atoms with van der Waals surface area (Å²) in [7, 11) is 2.52. The van der Waals surface area contributed by atoms with Crippen LogP contribution in [0.15, 0.2) is 4.99 Å². The van der Waals surface area contributed by atoms with Crippen molar-refractivity contribution in [3.63, 3.8) is 0 Å². The maximum absolute atomic E-state index is 11.0. The molecule has 6 heteroatoms. The number of ether oxygens (including phenoxy) is 2. The van der Waals surface area contributed by atoms with Crippen LogP contribution in [0, 0.1) is 0 Å². The summed E-state index contributed by atoms with van der Waals surface area (Å²) in [5, 5.41) is 2.08. The first-order valence-corrected chi connectivity index (χ1v) is 4.28. The highest BCUT2D eigenvalue weighted by Gasteiger charge is 2.18. The predicted molar refractivity (Wildman–Crippen MR) is 52.1 cm³/mol. The van der Waals surface area contributed by atoms with Gasteiger partial charge in [0.1, 0.15) is 0 Å². The first-order chi connectivity index (χ1) is 6.65. The number of rotatable bonds is 5. The van der Waals surface area contributed by atoms with Crippen LogP contribution in [0.3, 0.4) is 0 Å². The molecule has 1 atom stereocenters. The lowest BCUT2D eigenvalue weighted by molar-refractivity contribution is -0.143. The topological polar surface area (TPSA) is 65.0 Å². The van der Waals surface area contributed by atoms with E-state index in [9.17, 15) is 9.59 Å². The summed E-state index contributed by atoms with van der Waals surface area (Å²) in [6.45, 7) is 0. The first-order valence-electron chi connectivity index (χ1n) is 3.87. The van der Waals surface area contributed by atoms with E-state index in [2.05, 4.69) is 31.8 Å². The van der Waals surface area contributed by atoms with Crippen molar-refractivity contribution in [3.05, 3.63) is 0 Å². The summed E-state index contributed by atoms with van der Waals surface area (Å²) in [6.07, 6.45) is 0.305. The van der Waals surface area contributed by atoms with Crippen molar-refractivity contribution in [2.75, 3.05) is 14.2 Å².